The Balaban J connectivity index is 1.77. The van der Waals surface area contributed by atoms with Gasteiger partial charge in [-0.2, -0.15) is 0 Å². The third kappa shape index (κ3) is 8.73. The molecule has 2 aliphatic rings. The van der Waals surface area contributed by atoms with Gasteiger partial charge in [0.2, 0.25) is 0 Å². The predicted molar refractivity (Wildman–Crippen MR) is 120 cm³/mol. The second-order valence-electron chi connectivity index (χ2n) is 8.19. The molecule has 4 atom stereocenters. The van der Waals surface area contributed by atoms with E-state index in [4.69, 9.17) is 26.6 Å². The Morgan fingerprint density at radius 3 is 1.84 bits per heavy atom. The first-order valence-electron chi connectivity index (χ1n) is 11.7. The van der Waals surface area contributed by atoms with Crippen molar-refractivity contribution in [2.45, 2.75) is 84.1 Å². The molecule has 0 radical (unpaired) electrons. The Hall–Kier alpha value is -0.536. The Kier molecular flexibility index (Phi) is 11.4. The summed E-state index contributed by atoms with van der Waals surface area (Å²) < 4.78 is 35.8. The maximum atomic E-state index is 11.7. The molecule has 2 fully saturated rings. The number of hydrogen-bond acceptors (Lipinski definition) is 7. The van der Waals surface area contributed by atoms with Gasteiger partial charge in [-0.1, -0.05) is 0 Å². The number of hydrogen-bond donors (Lipinski definition) is 1. The van der Waals surface area contributed by atoms with E-state index in [0.29, 0.717) is 52.0 Å². The zero-order valence-corrected chi connectivity index (χ0v) is 21.6. The molecule has 9 nitrogen and oxygen atoms in total. The van der Waals surface area contributed by atoms with Gasteiger partial charge in [0.1, 0.15) is 0 Å². The van der Waals surface area contributed by atoms with Crippen LogP contribution in [0.4, 0.5) is 4.79 Å². The zero-order valence-electron chi connectivity index (χ0n) is 19.6. The number of unbranched alkanes of at least 4 members (excludes halogenated alkanes) is 1. The van der Waals surface area contributed by atoms with Crippen molar-refractivity contribution in [3.8, 4) is 0 Å². The molecule has 2 saturated heterocycles. The third-order valence-electron chi connectivity index (χ3n) is 5.53. The monoisotopic (exact) mass is 479 g/mol. The highest BCUT2D eigenvalue weighted by atomic mass is 28.4. The van der Waals surface area contributed by atoms with Crippen LogP contribution in [0.2, 0.25) is 12.1 Å². The van der Waals surface area contributed by atoms with Crippen LogP contribution in [0, 0.1) is 0 Å². The fourth-order valence-electron chi connectivity index (χ4n) is 3.99. The maximum absolute atomic E-state index is 11.7. The van der Waals surface area contributed by atoms with Crippen LogP contribution in [0.5, 0.6) is 0 Å². The molecular formula is C20H41NO8Si2. The van der Waals surface area contributed by atoms with Crippen molar-refractivity contribution in [2.75, 3.05) is 39.5 Å². The van der Waals surface area contributed by atoms with Crippen molar-refractivity contribution in [3.05, 3.63) is 0 Å². The topological polar surface area (TPSA) is 95.9 Å². The van der Waals surface area contributed by atoms with E-state index in [1.807, 2.05) is 27.7 Å². The van der Waals surface area contributed by atoms with Crippen LogP contribution >= 0.6 is 0 Å². The molecule has 0 saturated carbocycles. The second kappa shape index (κ2) is 13.2. The third-order valence-corrected chi connectivity index (χ3v) is 11.7. The van der Waals surface area contributed by atoms with Crippen molar-refractivity contribution in [1.29, 1.82) is 0 Å². The van der Waals surface area contributed by atoms with E-state index in [2.05, 4.69) is 0 Å². The van der Waals surface area contributed by atoms with Gasteiger partial charge in [0.05, 0.1) is 0 Å². The molecule has 0 aliphatic carbocycles. The molecule has 2 aliphatic heterocycles. The van der Waals surface area contributed by atoms with Gasteiger partial charge in [-0.05, 0) is 59.8 Å². The average Bonchev–Trinajstić information content (AvgIpc) is 2.70. The number of rotatable bonds is 13. The van der Waals surface area contributed by atoms with E-state index in [1.54, 1.807) is 0 Å². The molecule has 31 heavy (non-hydrogen) atoms. The average molecular weight is 480 g/mol. The van der Waals surface area contributed by atoms with E-state index >= 15 is 0 Å². The Morgan fingerprint density at radius 2 is 1.39 bits per heavy atom. The lowest BCUT2D eigenvalue weighted by Crippen LogP contribution is -2.52. The largest absolute Gasteiger partial charge is 0.501 e. The van der Waals surface area contributed by atoms with Crippen LogP contribution in [0.15, 0.2) is 0 Å². The molecular weight excluding hydrogens is 438 g/mol. The lowest BCUT2D eigenvalue weighted by atomic mass is 10.3. The minimum absolute atomic E-state index is 0.122. The highest BCUT2D eigenvalue weighted by Gasteiger charge is 2.45. The highest BCUT2D eigenvalue weighted by molar-refractivity contribution is 6.61. The van der Waals surface area contributed by atoms with E-state index in [0.717, 1.165) is 31.7 Å². The Labute approximate surface area is 189 Å². The Bertz CT molecular complexity index is 537. The summed E-state index contributed by atoms with van der Waals surface area (Å²) in [5.74, 6) is 0. The summed E-state index contributed by atoms with van der Waals surface area (Å²) in [4.78, 5) is 13.2. The van der Waals surface area contributed by atoms with Crippen molar-refractivity contribution >= 4 is 23.7 Å². The van der Waals surface area contributed by atoms with Crippen molar-refractivity contribution in [3.63, 3.8) is 0 Å². The molecule has 4 unspecified atom stereocenters. The van der Waals surface area contributed by atoms with Crippen LogP contribution in [-0.4, -0.2) is 85.4 Å². The molecule has 182 valence electrons. The van der Waals surface area contributed by atoms with Gasteiger partial charge in [0.25, 0.3) is 0 Å². The lowest BCUT2D eigenvalue weighted by molar-refractivity contribution is -0.0126. The summed E-state index contributed by atoms with van der Waals surface area (Å²) >= 11 is 0. The summed E-state index contributed by atoms with van der Waals surface area (Å²) in [7, 11) is -5.33. The van der Waals surface area contributed by atoms with Gasteiger partial charge in [0.15, 0.2) is 0 Å². The van der Waals surface area contributed by atoms with Crippen molar-refractivity contribution in [1.82, 2.24) is 4.90 Å². The zero-order chi connectivity index (χ0) is 22.7. The van der Waals surface area contributed by atoms with Gasteiger partial charge < -0.3 is 36.6 Å². The lowest BCUT2D eigenvalue weighted by Gasteiger charge is -2.36. The molecule has 1 N–H and O–H groups in total. The summed E-state index contributed by atoms with van der Waals surface area (Å²) in [6.07, 6.45) is 3.33. The first kappa shape index (κ1) is 26.7. The van der Waals surface area contributed by atoms with Crippen molar-refractivity contribution < 1.29 is 36.5 Å². The minimum Gasteiger partial charge on any atom is -0.465 e. The van der Waals surface area contributed by atoms with Gasteiger partial charge in [-0.15, -0.1) is 0 Å². The van der Waals surface area contributed by atoms with E-state index in [9.17, 15) is 9.90 Å². The predicted octanol–water partition coefficient (Wildman–Crippen LogP) is 3.74. The molecule has 0 bridgehead atoms. The molecule has 2 heterocycles. The van der Waals surface area contributed by atoms with Crippen LogP contribution in [-0.2, 0) is 26.6 Å². The fraction of sp³-hybridized carbons (Fsp3) is 0.950. The summed E-state index contributed by atoms with van der Waals surface area (Å²) in [5, 5.41) is 9.62. The maximum Gasteiger partial charge on any atom is 0.501 e. The number of amides is 1. The van der Waals surface area contributed by atoms with Crippen LogP contribution in [0.3, 0.4) is 0 Å². The standard InChI is InChI=1S/C20H41NO8Si2/c1-5-24-30(26-14-10-18(3)28-30)16-8-7-12-21(20(22)23)13-9-17-31(25-6-2)27-15-11-19(4)29-31/h18-19H,5-17H2,1-4H3,(H,22,23). The smallest absolute Gasteiger partial charge is 0.465 e. The minimum atomic E-state index is -2.70. The summed E-state index contributed by atoms with van der Waals surface area (Å²) in [5.41, 5.74) is 0. The van der Waals surface area contributed by atoms with Crippen LogP contribution in [0.25, 0.3) is 0 Å². The van der Waals surface area contributed by atoms with Gasteiger partial charge in [-0.25, -0.2) is 4.79 Å². The first-order chi connectivity index (χ1) is 14.8. The molecule has 1 amide bonds. The van der Waals surface area contributed by atoms with E-state index < -0.39 is 23.7 Å². The quantitative estimate of drug-likeness (QED) is 0.315. The van der Waals surface area contributed by atoms with Crippen LogP contribution in [0.1, 0.15) is 59.8 Å². The summed E-state index contributed by atoms with van der Waals surface area (Å²) in [6, 6.07) is 1.35. The molecule has 0 aromatic carbocycles. The molecule has 0 spiro atoms. The van der Waals surface area contributed by atoms with Crippen molar-refractivity contribution in [2.24, 2.45) is 0 Å². The molecule has 0 aromatic heterocycles. The van der Waals surface area contributed by atoms with E-state index in [-0.39, 0.29) is 12.2 Å². The molecule has 11 heteroatoms. The number of carbonyl (C=O) groups is 1. The van der Waals surface area contributed by atoms with Gasteiger partial charge in [-0.3, -0.25) is 0 Å². The summed E-state index contributed by atoms with van der Waals surface area (Å²) in [6.45, 7) is 11.3. The SMILES string of the molecule is CCO[Si]1(CCCCN(CCC[Si]2(OCC)OCCC(C)O2)C(=O)O)OCCC(C)O1. The second-order valence-corrected chi connectivity index (χ2v) is 13.6. The van der Waals surface area contributed by atoms with Gasteiger partial charge in [0, 0.05) is 63.8 Å². The van der Waals surface area contributed by atoms with Gasteiger partial charge >= 0.3 is 23.7 Å². The molecule has 0 aromatic rings. The molecule has 2 rings (SSSR count). The fourth-order valence-corrected chi connectivity index (χ4v) is 9.72. The van der Waals surface area contributed by atoms with E-state index in [1.165, 1.54) is 4.90 Å². The number of nitrogens with zero attached hydrogens (tertiary/aromatic N) is 1. The highest BCUT2D eigenvalue weighted by Crippen LogP contribution is 2.27. The Morgan fingerprint density at radius 1 is 0.903 bits per heavy atom. The first-order valence-corrected chi connectivity index (χ1v) is 15.6. The normalized spacial score (nSPS) is 31.5. The van der Waals surface area contributed by atoms with Crippen LogP contribution < -0.4 is 0 Å². The number of carboxylic acid groups (broad SMARTS) is 1.